The van der Waals surface area contributed by atoms with Crippen LogP contribution in [0.5, 0.6) is 11.5 Å². The SMILES string of the molecule is CCCOc1ccc(C=NNC(=O)CN(c2ccc(C)c(Cl)c2)S(=O)(=O)c2ccccc2)cc1OCC. The molecule has 37 heavy (non-hydrogen) atoms. The molecule has 196 valence electrons. The van der Waals surface area contributed by atoms with Gasteiger partial charge in [-0.25, -0.2) is 13.8 Å². The number of hydrogen-bond donors (Lipinski definition) is 1. The lowest BCUT2D eigenvalue weighted by molar-refractivity contribution is -0.119. The zero-order valence-electron chi connectivity index (χ0n) is 21.0. The van der Waals surface area contributed by atoms with E-state index in [-0.39, 0.29) is 10.6 Å². The predicted molar refractivity (Wildman–Crippen MR) is 146 cm³/mol. The molecule has 0 aliphatic rings. The van der Waals surface area contributed by atoms with Gasteiger partial charge < -0.3 is 9.47 Å². The summed E-state index contributed by atoms with van der Waals surface area (Å²) >= 11 is 6.25. The van der Waals surface area contributed by atoms with Crippen LogP contribution in [0.2, 0.25) is 5.02 Å². The fraction of sp³-hybridized carbons (Fsp3) is 0.259. The number of hydrogen-bond acceptors (Lipinski definition) is 6. The molecule has 10 heteroatoms. The third-order valence-corrected chi connectivity index (χ3v) is 7.39. The van der Waals surface area contributed by atoms with Crippen LogP contribution in [0.3, 0.4) is 0 Å². The first kappa shape index (κ1) is 28.0. The molecule has 0 heterocycles. The molecule has 1 amide bonds. The van der Waals surface area contributed by atoms with Crippen LogP contribution in [0.25, 0.3) is 0 Å². The van der Waals surface area contributed by atoms with Crippen molar-refractivity contribution in [1.82, 2.24) is 5.43 Å². The summed E-state index contributed by atoms with van der Waals surface area (Å²) in [7, 11) is -4.05. The van der Waals surface area contributed by atoms with E-state index in [0.717, 1.165) is 16.3 Å². The van der Waals surface area contributed by atoms with Gasteiger partial charge >= 0.3 is 0 Å². The summed E-state index contributed by atoms with van der Waals surface area (Å²) in [5, 5.41) is 4.39. The van der Waals surface area contributed by atoms with E-state index in [9.17, 15) is 13.2 Å². The van der Waals surface area contributed by atoms with Gasteiger partial charge in [-0.1, -0.05) is 42.8 Å². The van der Waals surface area contributed by atoms with E-state index in [1.54, 1.807) is 48.5 Å². The van der Waals surface area contributed by atoms with Gasteiger partial charge in [-0.2, -0.15) is 5.10 Å². The number of halogens is 1. The lowest BCUT2D eigenvalue weighted by Crippen LogP contribution is -2.39. The number of rotatable bonds is 12. The second-order valence-corrected chi connectivity index (χ2v) is 10.3. The van der Waals surface area contributed by atoms with Crippen LogP contribution in [-0.2, 0) is 14.8 Å². The van der Waals surface area contributed by atoms with E-state index in [1.165, 1.54) is 24.4 Å². The Morgan fingerprint density at radius 3 is 2.46 bits per heavy atom. The smallest absolute Gasteiger partial charge is 0.264 e. The van der Waals surface area contributed by atoms with Crippen molar-refractivity contribution in [3.63, 3.8) is 0 Å². The van der Waals surface area contributed by atoms with Crippen molar-refractivity contribution in [3.8, 4) is 11.5 Å². The molecule has 0 aromatic heterocycles. The Morgan fingerprint density at radius 2 is 1.78 bits per heavy atom. The lowest BCUT2D eigenvalue weighted by Gasteiger charge is -2.24. The highest BCUT2D eigenvalue weighted by atomic mass is 35.5. The summed E-state index contributed by atoms with van der Waals surface area (Å²) in [5.41, 5.74) is 4.13. The maximum absolute atomic E-state index is 13.4. The molecule has 0 saturated carbocycles. The molecule has 3 aromatic rings. The molecule has 0 unspecified atom stereocenters. The van der Waals surface area contributed by atoms with Crippen molar-refractivity contribution in [2.24, 2.45) is 5.10 Å². The molecule has 0 aliphatic heterocycles. The van der Waals surface area contributed by atoms with E-state index >= 15 is 0 Å². The summed E-state index contributed by atoms with van der Waals surface area (Å²) < 4.78 is 39.2. The van der Waals surface area contributed by atoms with Crippen LogP contribution >= 0.6 is 11.6 Å². The fourth-order valence-corrected chi connectivity index (χ4v) is 4.93. The highest BCUT2D eigenvalue weighted by Crippen LogP contribution is 2.29. The summed E-state index contributed by atoms with van der Waals surface area (Å²) in [6.45, 7) is 6.24. The van der Waals surface area contributed by atoms with Crippen molar-refractivity contribution < 1.29 is 22.7 Å². The van der Waals surface area contributed by atoms with Crippen molar-refractivity contribution in [1.29, 1.82) is 0 Å². The quantitative estimate of drug-likeness (QED) is 0.251. The minimum atomic E-state index is -4.05. The Balaban J connectivity index is 1.79. The second-order valence-electron chi connectivity index (χ2n) is 8.04. The third-order valence-electron chi connectivity index (χ3n) is 5.19. The number of nitrogens with one attached hydrogen (secondary N) is 1. The number of carbonyl (C=O) groups is 1. The molecule has 0 bridgehead atoms. The summed E-state index contributed by atoms with van der Waals surface area (Å²) in [4.78, 5) is 12.8. The number of ether oxygens (including phenoxy) is 2. The standard InChI is InChI=1S/C27H30ClN3O5S/c1-4-15-36-25-14-12-21(16-26(25)35-5-2)18-29-30-27(32)19-31(22-13-11-20(3)24(28)17-22)37(33,34)23-9-7-6-8-10-23/h6-14,16-18H,4-5,15,19H2,1-3H3,(H,30,32). The number of amides is 1. The van der Waals surface area contributed by atoms with Gasteiger partial charge in [0.05, 0.1) is 30.0 Å². The lowest BCUT2D eigenvalue weighted by atomic mass is 10.2. The van der Waals surface area contributed by atoms with Gasteiger partial charge in [-0.3, -0.25) is 9.10 Å². The molecule has 3 aromatic carbocycles. The number of carbonyl (C=O) groups excluding carboxylic acids is 1. The number of anilines is 1. The zero-order chi connectivity index (χ0) is 26.8. The first-order valence-electron chi connectivity index (χ1n) is 11.8. The topological polar surface area (TPSA) is 97.3 Å². The molecule has 1 N–H and O–H groups in total. The average molecular weight is 544 g/mol. The van der Waals surface area contributed by atoms with Crippen LogP contribution < -0.4 is 19.2 Å². The van der Waals surface area contributed by atoms with Crippen molar-refractivity contribution >= 4 is 39.4 Å². The van der Waals surface area contributed by atoms with Crippen molar-refractivity contribution in [3.05, 3.63) is 82.9 Å². The average Bonchev–Trinajstić information content (AvgIpc) is 2.89. The third kappa shape index (κ3) is 7.47. The van der Waals surface area contributed by atoms with Crippen LogP contribution in [0.4, 0.5) is 5.69 Å². The van der Waals surface area contributed by atoms with E-state index < -0.39 is 22.5 Å². The number of aryl methyl sites for hydroxylation is 1. The molecule has 0 spiro atoms. The highest BCUT2D eigenvalue weighted by molar-refractivity contribution is 7.92. The van der Waals surface area contributed by atoms with Crippen LogP contribution in [0, 0.1) is 6.92 Å². The predicted octanol–water partition coefficient (Wildman–Crippen LogP) is 5.18. The normalized spacial score (nSPS) is 11.4. The second kappa shape index (κ2) is 13.1. The largest absolute Gasteiger partial charge is 0.490 e. The van der Waals surface area contributed by atoms with E-state index in [2.05, 4.69) is 10.5 Å². The summed E-state index contributed by atoms with van der Waals surface area (Å²) in [6.07, 6.45) is 2.31. The number of nitrogens with zero attached hydrogens (tertiary/aromatic N) is 2. The van der Waals surface area contributed by atoms with Crippen LogP contribution in [0.15, 0.2) is 76.7 Å². The number of hydrazone groups is 1. The fourth-order valence-electron chi connectivity index (χ4n) is 3.32. The molecule has 0 aliphatic carbocycles. The molecular formula is C27H30ClN3O5S. The van der Waals surface area contributed by atoms with Gasteiger partial charge in [0, 0.05) is 5.02 Å². The molecular weight excluding hydrogens is 514 g/mol. The molecule has 0 radical (unpaired) electrons. The maximum Gasteiger partial charge on any atom is 0.264 e. The number of sulfonamides is 1. The molecule has 0 fully saturated rings. The van der Waals surface area contributed by atoms with Gasteiger partial charge in [0.1, 0.15) is 6.54 Å². The summed E-state index contributed by atoms with van der Waals surface area (Å²) in [5.74, 6) is 0.575. The van der Waals surface area contributed by atoms with Gasteiger partial charge in [-0.15, -0.1) is 0 Å². The van der Waals surface area contributed by atoms with Gasteiger partial charge in [0.2, 0.25) is 0 Å². The van der Waals surface area contributed by atoms with E-state index in [1.807, 2.05) is 20.8 Å². The van der Waals surface area contributed by atoms with E-state index in [0.29, 0.717) is 35.3 Å². The molecule has 3 rings (SSSR count). The highest BCUT2D eigenvalue weighted by Gasteiger charge is 2.27. The van der Waals surface area contributed by atoms with Crippen LogP contribution in [-0.4, -0.2) is 40.3 Å². The first-order valence-corrected chi connectivity index (χ1v) is 13.6. The van der Waals surface area contributed by atoms with Gasteiger partial charge in [0.15, 0.2) is 11.5 Å². The van der Waals surface area contributed by atoms with Gasteiger partial charge in [-0.05, 0) is 73.9 Å². The zero-order valence-corrected chi connectivity index (χ0v) is 22.6. The Morgan fingerprint density at radius 1 is 1.03 bits per heavy atom. The van der Waals surface area contributed by atoms with Crippen molar-refractivity contribution in [2.75, 3.05) is 24.1 Å². The molecule has 0 saturated heterocycles. The minimum absolute atomic E-state index is 0.0526. The Labute approximate surface area is 222 Å². The van der Waals surface area contributed by atoms with Crippen molar-refractivity contribution in [2.45, 2.75) is 32.1 Å². The maximum atomic E-state index is 13.4. The monoisotopic (exact) mass is 543 g/mol. The van der Waals surface area contributed by atoms with Gasteiger partial charge in [0.25, 0.3) is 15.9 Å². The minimum Gasteiger partial charge on any atom is -0.490 e. The molecule has 0 atom stereocenters. The summed E-state index contributed by atoms with van der Waals surface area (Å²) in [6, 6.07) is 18.0. The Hall–Kier alpha value is -3.56. The van der Waals surface area contributed by atoms with E-state index in [4.69, 9.17) is 21.1 Å². The van der Waals surface area contributed by atoms with Crippen LogP contribution in [0.1, 0.15) is 31.4 Å². The Kier molecular flexibility index (Phi) is 9.93. The first-order chi connectivity index (χ1) is 17.8. The number of benzene rings is 3. The molecule has 8 nitrogen and oxygen atoms in total. The Bertz CT molecular complexity index is 1350.